The molecule has 0 aromatic heterocycles. The number of amides is 1. The highest BCUT2D eigenvalue weighted by Gasteiger charge is 2.32. The third kappa shape index (κ3) is 38.6. The second kappa shape index (κ2) is 42.0. The van der Waals surface area contributed by atoms with Crippen LogP contribution in [0.5, 0.6) is 11.5 Å². The van der Waals surface area contributed by atoms with Gasteiger partial charge < -0.3 is 57.4 Å². The van der Waals surface area contributed by atoms with Gasteiger partial charge in [0, 0.05) is 70.9 Å². The number of rotatable bonds is 38. The molecule has 1 saturated heterocycles. The van der Waals surface area contributed by atoms with Crippen LogP contribution in [0.4, 0.5) is 17.6 Å². The van der Waals surface area contributed by atoms with E-state index in [1.54, 1.807) is 0 Å². The number of carbonyl (C=O) groups excluding carboxylic acids is 6. The topological polar surface area (TPSA) is 229 Å². The lowest BCUT2D eigenvalue weighted by atomic mass is 10.0. The van der Waals surface area contributed by atoms with Gasteiger partial charge in [0.2, 0.25) is 23.3 Å². The maximum absolute atomic E-state index is 13.8. The van der Waals surface area contributed by atoms with Gasteiger partial charge in [0.05, 0.1) is 105 Å². The summed E-state index contributed by atoms with van der Waals surface area (Å²) in [5.41, 5.74) is -1.89. The SMILES string of the molecule is CC(C)(C)OC(=O)CN1CCN(CC(=O)OC(C)(C)C)CCN(CC(=O)OC(C)(C)C)[C@@H](Cc2ccc(OCCCCCCCNC(=O)CCOCCOCCOCCOCCOCCC(=O)Oc3c(F)c(F)cc(F)c3F)cc2)CN(CC(=O)OC(C)(C)C)CC1. The van der Waals surface area contributed by atoms with Gasteiger partial charge in [-0.1, -0.05) is 31.4 Å². The van der Waals surface area contributed by atoms with Crippen LogP contribution in [0.15, 0.2) is 30.3 Å². The van der Waals surface area contributed by atoms with Crippen LogP contribution in [0, 0.1) is 23.3 Å². The second-order valence-corrected chi connectivity index (χ2v) is 26.4. The Kier molecular flexibility index (Phi) is 36.8. The molecule has 0 unspecified atom stereocenters. The van der Waals surface area contributed by atoms with E-state index in [2.05, 4.69) is 15.0 Å². The van der Waals surface area contributed by atoms with E-state index in [1.807, 2.05) is 122 Å². The molecule has 1 fully saturated rings. The van der Waals surface area contributed by atoms with Crippen molar-refractivity contribution >= 4 is 35.8 Å². The number of ether oxygens (including phenoxy) is 11. The molecular weight excluding hydrogens is 1210 g/mol. The van der Waals surface area contributed by atoms with Crippen molar-refractivity contribution in [1.82, 2.24) is 24.9 Å². The van der Waals surface area contributed by atoms with E-state index in [-0.39, 0.29) is 96.2 Å². The molecule has 0 bridgehead atoms. The maximum atomic E-state index is 13.8. The molecule has 0 aliphatic carbocycles. The zero-order valence-corrected chi connectivity index (χ0v) is 56.6. The van der Waals surface area contributed by atoms with E-state index >= 15 is 0 Å². The molecule has 1 aliphatic rings. The number of nitrogens with zero attached hydrogens (tertiary/aromatic N) is 4. The minimum Gasteiger partial charge on any atom is -0.494 e. The number of hydrogen-bond donors (Lipinski definition) is 1. The highest BCUT2D eigenvalue weighted by molar-refractivity contribution is 5.76. The summed E-state index contributed by atoms with van der Waals surface area (Å²) in [6.45, 7) is 27.7. The van der Waals surface area contributed by atoms with Crippen LogP contribution >= 0.6 is 0 Å². The Hall–Kier alpha value is -5.58. The first kappa shape index (κ1) is 80.7. The molecule has 1 heterocycles. The Labute approximate surface area is 542 Å². The minimum atomic E-state index is -1.81. The van der Waals surface area contributed by atoms with Crippen molar-refractivity contribution in [3.8, 4) is 11.5 Å². The molecule has 524 valence electrons. The summed E-state index contributed by atoms with van der Waals surface area (Å²) < 4.78 is 115. The van der Waals surface area contributed by atoms with Crippen LogP contribution in [-0.4, -0.2) is 235 Å². The van der Waals surface area contributed by atoms with E-state index in [4.69, 9.17) is 47.4 Å². The molecule has 2 aromatic rings. The number of halogens is 4. The number of unbranched alkanes of at least 4 members (excludes halogenated alkanes) is 4. The van der Waals surface area contributed by atoms with E-state index in [1.165, 1.54) is 0 Å². The fraction of sp³-hybridized carbons (Fsp3) is 0.727. The zero-order valence-electron chi connectivity index (χ0n) is 56.6. The first-order valence-corrected chi connectivity index (χ1v) is 31.9. The summed E-state index contributed by atoms with van der Waals surface area (Å²) in [6.07, 6.45) is 4.89. The Bertz CT molecular complexity index is 2500. The Morgan fingerprint density at radius 1 is 0.457 bits per heavy atom. The van der Waals surface area contributed by atoms with Crippen LogP contribution in [0.3, 0.4) is 0 Å². The summed E-state index contributed by atoms with van der Waals surface area (Å²) in [6, 6.07) is 7.57. The van der Waals surface area contributed by atoms with Crippen molar-refractivity contribution in [1.29, 1.82) is 0 Å². The molecule has 1 amide bonds. The molecule has 0 radical (unpaired) electrons. The van der Waals surface area contributed by atoms with Gasteiger partial charge in [-0.15, -0.1) is 0 Å². The van der Waals surface area contributed by atoms with Gasteiger partial charge in [0.25, 0.3) is 0 Å². The van der Waals surface area contributed by atoms with Crippen molar-refractivity contribution in [2.24, 2.45) is 0 Å². The molecule has 0 saturated carbocycles. The van der Waals surface area contributed by atoms with Gasteiger partial charge in [-0.2, -0.15) is 8.78 Å². The maximum Gasteiger partial charge on any atom is 0.320 e. The Morgan fingerprint density at radius 3 is 1.32 bits per heavy atom. The lowest BCUT2D eigenvalue weighted by Gasteiger charge is -2.39. The average Bonchev–Trinajstić information content (AvgIpc) is 0.848. The molecule has 1 atom stereocenters. The van der Waals surface area contributed by atoms with Crippen molar-refractivity contribution in [2.75, 3.05) is 151 Å². The molecule has 1 N–H and O–H groups in total. The van der Waals surface area contributed by atoms with Crippen LogP contribution in [0.2, 0.25) is 0 Å². The van der Waals surface area contributed by atoms with E-state index < -0.39 is 81.7 Å². The number of esters is 5. The molecular formula is C66H105F4N5O17. The molecule has 26 heteroatoms. The number of benzene rings is 2. The van der Waals surface area contributed by atoms with Gasteiger partial charge >= 0.3 is 29.8 Å². The van der Waals surface area contributed by atoms with Crippen molar-refractivity contribution in [3.63, 3.8) is 0 Å². The molecule has 92 heavy (non-hydrogen) atoms. The first-order valence-electron chi connectivity index (χ1n) is 31.9. The smallest absolute Gasteiger partial charge is 0.320 e. The quantitative estimate of drug-likeness (QED) is 0.0170. The fourth-order valence-corrected chi connectivity index (χ4v) is 9.18. The predicted octanol–water partition coefficient (Wildman–Crippen LogP) is 7.66. The highest BCUT2D eigenvalue weighted by atomic mass is 19.2. The van der Waals surface area contributed by atoms with Crippen LogP contribution in [0.1, 0.15) is 134 Å². The largest absolute Gasteiger partial charge is 0.494 e. The number of hydrogen-bond acceptors (Lipinski definition) is 21. The van der Waals surface area contributed by atoms with Gasteiger partial charge in [-0.05, 0) is 120 Å². The second-order valence-electron chi connectivity index (χ2n) is 26.4. The van der Waals surface area contributed by atoms with Crippen molar-refractivity contribution in [3.05, 3.63) is 59.2 Å². The molecule has 3 rings (SSSR count). The minimum absolute atomic E-state index is 0.000321. The van der Waals surface area contributed by atoms with Gasteiger partial charge in [-0.25, -0.2) is 8.78 Å². The summed E-state index contributed by atoms with van der Waals surface area (Å²) in [4.78, 5) is 86.2. The summed E-state index contributed by atoms with van der Waals surface area (Å²) in [7, 11) is 0. The number of nitrogens with one attached hydrogen (secondary N) is 1. The lowest BCUT2D eigenvalue weighted by Crippen LogP contribution is -2.54. The average molecular weight is 1320 g/mol. The standard InChI is InChI=1S/C66H105F4N5O17/c1-63(2,3)89-56(78)45-72-25-26-73(46-57(79)90-64(4,5)6)29-30-75(48-59(81)92-66(10,11)12)50(44-74(28-27-72)47-58(80)91-65(7,8)9)42-49-18-20-51(21-19-49)87-31-17-15-13-14-16-24-71-54(76)22-32-82-34-36-84-38-40-86-41-39-85-37-35-83-33-23-55(77)88-62-60(69)52(67)43-53(68)61(62)70/h18-21,43,50H,13-17,22-42,44-48H2,1-12H3,(H,71,76)/t50-/m0/s1. The first-order chi connectivity index (χ1) is 43.2. The van der Waals surface area contributed by atoms with E-state index in [9.17, 15) is 46.3 Å². The Balaban J connectivity index is 1.40. The third-order valence-corrected chi connectivity index (χ3v) is 13.2. The van der Waals surface area contributed by atoms with Crippen LogP contribution in [0.25, 0.3) is 0 Å². The molecule has 1 aliphatic heterocycles. The van der Waals surface area contributed by atoms with E-state index in [0.29, 0.717) is 91.8 Å². The van der Waals surface area contributed by atoms with Gasteiger partial charge in [-0.3, -0.25) is 48.4 Å². The normalized spacial score (nSPS) is 15.5. The zero-order chi connectivity index (χ0) is 68.3. The fourth-order valence-electron chi connectivity index (χ4n) is 9.18. The van der Waals surface area contributed by atoms with Crippen LogP contribution in [-0.2, 0) is 77.8 Å². The summed E-state index contributed by atoms with van der Waals surface area (Å²) in [5, 5.41) is 2.94. The lowest BCUT2D eigenvalue weighted by molar-refractivity contribution is -0.160. The Morgan fingerprint density at radius 2 is 0.848 bits per heavy atom. The highest BCUT2D eigenvalue weighted by Crippen LogP contribution is 2.27. The molecule has 0 spiro atoms. The van der Waals surface area contributed by atoms with Crippen molar-refractivity contribution in [2.45, 2.75) is 163 Å². The van der Waals surface area contributed by atoms with E-state index in [0.717, 1.165) is 43.4 Å². The van der Waals surface area contributed by atoms with Crippen LogP contribution < -0.4 is 14.8 Å². The van der Waals surface area contributed by atoms with Gasteiger partial charge in [0.1, 0.15) is 28.2 Å². The number of carbonyl (C=O) groups is 6. The predicted molar refractivity (Wildman–Crippen MR) is 335 cm³/mol. The third-order valence-electron chi connectivity index (χ3n) is 13.2. The summed E-state index contributed by atoms with van der Waals surface area (Å²) >= 11 is 0. The summed E-state index contributed by atoms with van der Waals surface area (Å²) in [5.74, 6) is -10.5. The molecule has 2 aromatic carbocycles. The van der Waals surface area contributed by atoms with Crippen molar-refractivity contribution < 1.29 is 98.4 Å². The monoisotopic (exact) mass is 1320 g/mol. The molecule has 22 nitrogen and oxygen atoms in total. The van der Waals surface area contributed by atoms with Gasteiger partial charge in [0.15, 0.2) is 11.6 Å².